The van der Waals surface area contributed by atoms with Crippen molar-refractivity contribution in [2.75, 3.05) is 6.54 Å². The number of halogens is 1. The predicted octanol–water partition coefficient (Wildman–Crippen LogP) is 3.30. The first kappa shape index (κ1) is 12.6. The maximum atomic E-state index is 13.7. The quantitative estimate of drug-likeness (QED) is 0.888. The Bertz CT molecular complexity index is 500. The van der Waals surface area contributed by atoms with Crippen LogP contribution in [0, 0.1) is 30.5 Å². The second kappa shape index (κ2) is 4.95. The zero-order chi connectivity index (χ0) is 13.4. The Morgan fingerprint density at radius 2 is 2.21 bits per heavy atom. The van der Waals surface area contributed by atoms with E-state index in [0.717, 1.165) is 17.4 Å². The van der Waals surface area contributed by atoms with E-state index in [4.69, 9.17) is 0 Å². The van der Waals surface area contributed by atoms with Crippen LogP contribution in [-0.2, 0) is 0 Å². The van der Waals surface area contributed by atoms with Gasteiger partial charge in [0.15, 0.2) is 0 Å². The molecule has 0 aliphatic heterocycles. The van der Waals surface area contributed by atoms with Gasteiger partial charge in [0.05, 0.1) is 5.56 Å². The highest BCUT2D eigenvalue weighted by Crippen LogP contribution is 2.47. The monoisotopic (exact) mass is 261 g/mol. The summed E-state index contributed by atoms with van der Waals surface area (Å²) in [6.45, 7) is 2.52. The summed E-state index contributed by atoms with van der Waals surface area (Å²) in [6.07, 6.45) is 5.24. The van der Waals surface area contributed by atoms with Crippen LogP contribution in [0.2, 0.25) is 0 Å². The third-order valence-corrected chi connectivity index (χ3v) is 4.78. The molecule has 2 aliphatic rings. The van der Waals surface area contributed by atoms with Gasteiger partial charge in [-0.05, 0) is 61.6 Å². The van der Waals surface area contributed by atoms with Crippen molar-refractivity contribution in [2.45, 2.75) is 32.6 Å². The average Bonchev–Trinajstić information content (AvgIpc) is 2.98. The maximum Gasteiger partial charge on any atom is 0.254 e. The SMILES string of the molecule is Cc1ccc(C(=O)NCC2CC3CCC2C3)c(F)c1. The number of hydrogen-bond acceptors (Lipinski definition) is 1. The van der Waals surface area contributed by atoms with Crippen LogP contribution >= 0.6 is 0 Å². The van der Waals surface area contributed by atoms with Crippen LogP contribution in [0.15, 0.2) is 18.2 Å². The number of hydrogen-bond donors (Lipinski definition) is 1. The minimum atomic E-state index is -0.426. The molecule has 1 aromatic carbocycles. The molecule has 3 atom stereocenters. The van der Waals surface area contributed by atoms with Gasteiger partial charge in [0.25, 0.3) is 5.91 Å². The van der Waals surface area contributed by atoms with E-state index in [1.807, 2.05) is 6.92 Å². The summed E-state index contributed by atoms with van der Waals surface area (Å²) in [4.78, 5) is 12.0. The first-order chi connectivity index (χ1) is 9.13. The fourth-order valence-corrected chi connectivity index (χ4v) is 3.75. The summed E-state index contributed by atoms with van der Waals surface area (Å²) in [5.41, 5.74) is 0.996. The molecule has 0 saturated heterocycles. The summed E-state index contributed by atoms with van der Waals surface area (Å²) in [5, 5.41) is 2.91. The Morgan fingerprint density at radius 3 is 2.84 bits per heavy atom. The van der Waals surface area contributed by atoms with Crippen LogP contribution in [0.1, 0.15) is 41.6 Å². The van der Waals surface area contributed by atoms with Gasteiger partial charge in [-0.15, -0.1) is 0 Å². The molecule has 0 radical (unpaired) electrons. The van der Waals surface area contributed by atoms with E-state index in [9.17, 15) is 9.18 Å². The predicted molar refractivity (Wildman–Crippen MR) is 72.4 cm³/mol. The van der Waals surface area contributed by atoms with Gasteiger partial charge in [-0.25, -0.2) is 4.39 Å². The number of carbonyl (C=O) groups is 1. The lowest BCUT2D eigenvalue weighted by atomic mass is 9.89. The first-order valence-corrected chi connectivity index (χ1v) is 7.18. The number of amides is 1. The van der Waals surface area contributed by atoms with Gasteiger partial charge in [-0.3, -0.25) is 4.79 Å². The number of benzene rings is 1. The largest absolute Gasteiger partial charge is 0.352 e. The van der Waals surface area contributed by atoms with E-state index < -0.39 is 5.82 Å². The molecule has 3 heteroatoms. The van der Waals surface area contributed by atoms with Crippen molar-refractivity contribution < 1.29 is 9.18 Å². The number of nitrogens with one attached hydrogen (secondary N) is 1. The fourth-order valence-electron chi connectivity index (χ4n) is 3.75. The number of aryl methyl sites for hydroxylation is 1. The summed E-state index contributed by atoms with van der Waals surface area (Å²) >= 11 is 0. The summed E-state index contributed by atoms with van der Waals surface area (Å²) < 4.78 is 13.7. The summed E-state index contributed by atoms with van der Waals surface area (Å²) in [5.74, 6) is 1.57. The maximum absolute atomic E-state index is 13.7. The van der Waals surface area contributed by atoms with Crippen LogP contribution in [0.25, 0.3) is 0 Å². The molecule has 19 heavy (non-hydrogen) atoms. The van der Waals surface area contributed by atoms with Crippen molar-refractivity contribution >= 4 is 5.91 Å². The minimum absolute atomic E-state index is 0.161. The smallest absolute Gasteiger partial charge is 0.254 e. The normalized spacial score (nSPS) is 28.6. The topological polar surface area (TPSA) is 29.1 Å². The first-order valence-electron chi connectivity index (χ1n) is 7.18. The van der Waals surface area contributed by atoms with Crippen molar-refractivity contribution in [1.29, 1.82) is 0 Å². The molecule has 102 valence electrons. The molecule has 3 unspecified atom stereocenters. The van der Waals surface area contributed by atoms with E-state index in [0.29, 0.717) is 12.5 Å². The van der Waals surface area contributed by atoms with E-state index in [2.05, 4.69) is 5.32 Å². The average molecular weight is 261 g/mol. The molecule has 2 fully saturated rings. The van der Waals surface area contributed by atoms with Crippen molar-refractivity contribution in [3.05, 3.63) is 35.1 Å². The number of carbonyl (C=O) groups excluding carboxylic acids is 1. The molecule has 2 bridgehead atoms. The van der Waals surface area contributed by atoms with Crippen LogP contribution in [-0.4, -0.2) is 12.5 Å². The lowest BCUT2D eigenvalue weighted by Gasteiger charge is -2.21. The van der Waals surface area contributed by atoms with Gasteiger partial charge in [0.2, 0.25) is 0 Å². The minimum Gasteiger partial charge on any atom is -0.352 e. The third kappa shape index (κ3) is 2.51. The molecule has 2 saturated carbocycles. The Labute approximate surface area is 113 Å². The van der Waals surface area contributed by atoms with Crippen molar-refractivity contribution in [3.63, 3.8) is 0 Å². The molecule has 2 aliphatic carbocycles. The molecular weight excluding hydrogens is 241 g/mol. The van der Waals surface area contributed by atoms with E-state index >= 15 is 0 Å². The van der Waals surface area contributed by atoms with Crippen LogP contribution in [0.4, 0.5) is 4.39 Å². The van der Waals surface area contributed by atoms with E-state index in [1.165, 1.54) is 31.7 Å². The van der Waals surface area contributed by atoms with Crippen molar-refractivity contribution in [3.8, 4) is 0 Å². The number of rotatable bonds is 3. The molecule has 1 N–H and O–H groups in total. The van der Waals surface area contributed by atoms with Gasteiger partial charge in [0, 0.05) is 6.54 Å². The van der Waals surface area contributed by atoms with Gasteiger partial charge >= 0.3 is 0 Å². The Morgan fingerprint density at radius 1 is 1.37 bits per heavy atom. The second-order valence-corrected chi connectivity index (χ2v) is 6.13. The Kier molecular flexibility index (Phi) is 3.29. The highest BCUT2D eigenvalue weighted by atomic mass is 19.1. The summed E-state index contributed by atoms with van der Waals surface area (Å²) in [6, 6.07) is 4.75. The van der Waals surface area contributed by atoms with Crippen LogP contribution in [0.3, 0.4) is 0 Å². The van der Waals surface area contributed by atoms with Gasteiger partial charge in [-0.1, -0.05) is 12.5 Å². The highest BCUT2D eigenvalue weighted by molar-refractivity contribution is 5.94. The Hall–Kier alpha value is -1.38. The zero-order valence-electron chi connectivity index (χ0n) is 11.3. The lowest BCUT2D eigenvalue weighted by molar-refractivity contribution is 0.0937. The Balaban J connectivity index is 1.59. The zero-order valence-corrected chi connectivity index (χ0v) is 11.3. The van der Waals surface area contributed by atoms with E-state index in [1.54, 1.807) is 12.1 Å². The van der Waals surface area contributed by atoms with Gasteiger partial charge < -0.3 is 5.32 Å². The van der Waals surface area contributed by atoms with Gasteiger partial charge in [-0.2, -0.15) is 0 Å². The molecule has 0 spiro atoms. The molecular formula is C16H20FNO. The van der Waals surface area contributed by atoms with E-state index in [-0.39, 0.29) is 11.5 Å². The highest BCUT2D eigenvalue weighted by Gasteiger charge is 2.39. The van der Waals surface area contributed by atoms with Crippen molar-refractivity contribution in [1.82, 2.24) is 5.32 Å². The molecule has 1 aromatic rings. The lowest BCUT2D eigenvalue weighted by Crippen LogP contribution is -2.32. The molecule has 0 heterocycles. The molecule has 3 rings (SSSR count). The summed E-state index contributed by atoms with van der Waals surface area (Å²) in [7, 11) is 0. The van der Waals surface area contributed by atoms with Crippen molar-refractivity contribution in [2.24, 2.45) is 17.8 Å². The molecule has 0 aromatic heterocycles. The fraction of sp³-hybridized carbons (Fsp3) is 0.562. The number of fused-ring (bicyclic) bond motifs is 2. The second-order valence-electron chi connectivity index (χ2n) is 6.13. The van der Waals surface area contributed by atoms with Crippen LogP contribution < -0.4 is 5.32 Å². The third-order valence-electron chi connectivity index (χ3n) is 4.78. The van der Waals surface area contributed by atoms with Crippen LogP contribution in [0.5, 0.6) is 0 Å². The van der Waals surface area contributed by atoms with Gasteiger partial charge in [0.1, 0.15) is 5.82 Å². The molecule has 2 nitrogen and oxygen atoms in total. The molecule has 1 amide bonds. The standard InChI is InChI=1S/C16H20FNO/c1-10-2-5-14(15(17)6-10)16(19)18-9-13-8-11-3-4-12(13)7-11/h2,5-6,11-13H,3-4,7-9H2,1H3,(H,18,19).